The fraction of sp³-hybridized carbons (Fsp3) is 0.143. The molecule has 1 N–H and O–H groups in total. The molecule has 5 nitrogen and oxygen atoms in total. The van der Waals surface area contributed by atoms with E-state index >= 15 is 0 Å². The van der Waals surface area contributed by atoms with Crippen LogP contribution in [0.2, 0.25) is 5.02 Å². The van der Waals surface area contributed by atoms with Crippen LogP contribution in [0.15, 0.2) is 36.4 Å². The number of rotatable bonds is 5. The van der Waals surface area contributed by atoms with E-state index in [-0.39, 0.29) is 18.0 Å². The summed E-state index contributed by atoms with van der Waals surface area (Å²) in [6.07, 6.45) is 0. The van der Waals surface area contributed by atoms with Crippen molar-refractivity contribution in [1.82, 2.24) is 0 Å². The van der Waals surface area contributed by atoms with Gasteiger partial charge in [0.1, 0.15) is 11.6 Å². The lowest BCUT2D eigenvalue weighted by Gasteiger charge is -2.11. The summed E-state index contributed by atoms with van der Waals surface area (Å²) in [6.45, 7) is 0.181. The quantitative estimate of drug-likeness (QED) is 0.669. The molecule has 7 heteroatoms. The number of nitro benzene ring substituents is 1. The minimum Gasteiger partial charge on any atom is -0.494 e. The van der Waals surface area contributed by atoms with Crippen LogP contribution in [0.4, 0.5) is 15.8 Å². The van der Waals surface area contributed by atoms with Gasteiger partial charge in [-0.15, -0.1) is 0 Å². The monoisotopic (exact) mass is 310 g/mol. The van der Waals surface area contributed by atoms with Crippen LogP contribution in [0.25, 0.3) is 0 Å². The molecule has 21 heavy (non-hydrogen) atoms. The Labute approximate surface area is 125 Å². The third kappa shape index (κ3) is 3.61. The predicted octanol–water partition coefficient (Wildman–Crippen LogP) is 4.01. The highest BCUT2D eigenvalue weighted by Crippen LogP contribution is 2.29. The van der Waals surface area contributed by atoms with Crippen LogP contribution in [0.5, 0.6) is 5.75 Å². The summed E-state index contributed by atoms with van der Waals surface area (Å²) in [5.74, 6) is -0.0700. The van der Waals surface area contributed by atoms with Crippen molar-refractivity contribution in [2.75, 3.05) is 12.4 Å². The molecule has 0 saturated heterocycles. The average Bonchev–Trinajstić information content (AvgIpc) is 2.47. The first kappa shape index (κ1) is 15.1. The van der Waals surface area contributed by atoms with Gasteiger partial charge in [0, 0.05) is 23.2 Å². The minimum atomic E-state index is -0.511. The van der Waals surface area contributed by atoms with E-state index in [9.17, 15) is 14.5 Å². The van der Waals surface area contributed by atoms with Crippen molar-refractivity contribution in [3.8, 4) is 5.75 Å². The Morgan fingerprint density at radius 3 is 2.76 bits per heavy atom. The van der Waals surface area contributed by atoms with E-state index in [0.717, 1.165) is 0 Å². The Morgan fingerprint density at radius 2 is 2.10 bits per heavy atom. The first-order valence-electron chi connectivity index (χ1n) is 6.01. The molecule has 0 saturated carbocycles. The zero-order chi connectivity index (χ0) is 15.4. The number of ether oxygens (including phenoxy) is 1. The molecule has 0 fully saturated rings. The molecule has 2 aromatic rings. The number of non-ortho nitro benzene ring substituents is 1. The maximum Gasteiger partial charge on any atom is 0.273 e. The Balaban J connectivity index is 2.19. The molecule has 0 bridgehead atoms. The van der Waals surface area contributed by atoms with Crippen molar-refractivity contribution in [2.24, 2.45) is 0 Å². The summed E-state index contributed by atoms with van der Waals surface area (Å²) in [6, 6.07) is 8.43. The van der Waals surface area contributed by atoms with E-state index < -0.39 is 4.92 Å². The first-order valence-corrected chi connectivity index (χ1v) is 6.39. The molecule has 0 atom stereocenters. The van der Waals surface area contributed by atoms with Crippen LogP contribution >= 0.6 is 11.6 Å². The normalized spacial score (nSPS) is 10.2. The van der Waals surface area contributed by atoms with Crippen LogP contribution < -0.4 is 10.1 Å². The lowest BCUT2D eigenvalue weighted by Crippen LogP contribution is -2.03. The number of methoxy groups -OCH3 is 1. The van der Waals surface area contributed by atoms with Crippen LogP contribution in [0.1, 0.15) is 5.56 Å². The average molecular weight is 311 g/mol. The summed E-state index contributed by atoms with van der Waals surface area (Å²) < 4.78 is 18.7. The van der Waals surface area contributed by atoms with Crippen LogP contribution in [0, 0.1) is 15.9 Å². The van der Waals surface area contributed by atoms with Gasteiger partial charge in [0.05, 0.1) is 23.8 Å². The molecule has 0 aliphatic carbocycles. The summed E-state index contributed by atoms with van der Waals surface area (Å²) in [5.41, 5.74) is 0.844. The molecule has 0 spiro atoms. The predicted molar refractivity (Wildman–Crippen MR) is 78.4 cm³/mol. The lowest BCUT2D eigenvalue weighted by atomic mass is 10.2. The number of nitrogens with one attached hydrogen (secondary N) is 1. The molecule has 0 aliphatic rings. The molecule has 0 aliphatic heterocycles. The Bertz CT molecular complexity index is 679. The first-order chi connectivity index (χ1) is 10.0. The van der Waals surface area contributed by atoms with Crippen molar-refractivity contribution < 1.29 is 14.1 Å². The van der Waals surface area contributed by atoms with Gasteiger partial charge in [-0.2, -0.15) is 0 Å². The second-order valence-electron chi connectivity index (χ2n) is 4.23. The fourth-order valence-electron chi connectivity index (χ4n) is 1.81. The van der Waals surface area contributed by atoms with Gasteiger partial charge in [0.15, 0.2) is 0 Å². The summed E-state index contributed by atoms with van der Waals surface area (Å²) in [5, 5.41) is 14.1. The van der Waals surface area contributed by atoms with Crippen LogP contribution in [0.3, 0.4) is 0 Å². The molecule has 0 amide bonds. The highest BCUT2D eigenvalue weighted by Gasteiger charge is 2.12. The number of nitro groups is 1. The summed E-state index contributed by atoms with van der Waals surface area (Å²) in [7, 11) is 1.41. The topological polar surface area (TPSA) is 64.4 Å². The lowest BCUT2D eigenvalue weighted by molar-refractivity contribution is -0.384. The number of halogens is 2. The van der Waals surface area contributed by atoms with Gasteiger partial charge in [-0.25, -0.2) is 4.39 Å². The maximum absolute atomic E-state index is 13.6. The van der Waals surface area contributed by atoms with Gasteiger partial charge >= 0.3 is 0 Å². The van der Waals surface area contributed by atoms with Gasteiger partial charge in [-0.3, -0.25) is 10.1 Å². The maximum atomic E-state index is 13.6. The highest BCUT2D eigenvalue weighted by atomic mass is 35.5. The van der Waals surface area contributed by atoms with Crippen molar-refractivity contribution in [2.45, 2.75) is 6.54 Å². The fourth-order valence-corrected chi connectivity index (χ4v) is 2.00. The van der Waals surface area contributed by atoms with Gasteiger partial charge in [-0.1, -0.05) is 11.6 Å². The van der Waals surface area contributed by atoms with Crippen molar-refractivity contribution in [3.63, 3.8) is 0 Å². The van der Waals surface area contributed by atoms with Crippen molar-refractivity contribution >= 4 is 23.0 Å². The minimum absolute atomic E-state index is 0.0775. The highest BCUT2D eigenvalue weighted by molar-refractivity contribution is 6.30. The van der Waals surface area contributed by atoms with Gasteiger partial charge in [-0.05, 0) is 24.3 Å². The number of nitrogens with zero attached hydrogens (tertiary/aromatic N) is 1. The van der Waals surface area contributed by atoms with Gasteiger partial charge in [0.2, 0.25) is 0 Å². The Kier molecular flexibility index (Phi) is 4.59. The van der Waals surface area contributed by atoms with Gasteiger partial charge in [0.25, 0.3) is 5.69 Å². The third-order valence-electron chi connectivity index (χ3n) is 2.87. The van der Waals surface area contributed by atoms with E-state index in [1.807, 2.05) is 0 Å². The zero-order valence-electron chi connectivity index (χ0n) is 11.1. The smallest absolute Gasteiger partial charge is 0.273 e. The van der Waals surface area contributed by atoms with Crippen molar-refractivity contribution in [1.29, 1.82) is 0 Å². The van der Waals surface area contributed by atoms with E-state index in [2.05, 4.69) is 5.32 Å². The number of hydrogen-bond donors (Lipinski definition) is 1. The van der Waals surface area contributed by atoms with Crippen LogP contribution in [-0.2, 0) is 6.54 Å². The molecule has 2 aromatic carbocycles. The van der Waals surface area contributed by atoms with E-state index in [0.29, 0.717) is 22.0 Å². The van der Waals surface area contributed by atoms with E-state index in [4.69, 9.17) is 16.3 Å². The third-order valence-corrected chi connectivity index (χ3v) is 3.11. The number of anilines is 1. The number of benzene rings is 2. The molecular formula is C14H12ClFN2O3. The van der Waals surface area contributed by atoms with Gasteiger partial charge < -0.3 is 10.1 Å². The molecule has 0 aromatic heterocycles. The summed E-state index contributed by atoms with van der Waals surface area (Å²) >= 11 is 5.82. The SMILES string of the molecule is COc1cc([N+](=O)[O-])ccc1NCc1cc(Cl)ccc1F. The van der Waals surface area contributed by atoms with E-state index in [1.165, 1.54) is 43.5 Å². The summed E-state index contributed by atoms with van der Waals surface area (Å²) in [4.78, 5) is 10.2. The zero-order valence-corrected chi connectivity index (χ0v) is 11.9. The molecular weight excluding hydrogens is 299 g/mol. The molecule has 0 heterocycles. The van der Waals surface area contributed by atoms with Crippen LogP contribution in [-0.4, -0.2) is 12.0 Å². The molecule has 110 valence electrons. The Hall–Kier alpha value is -2.34. The van der Waals surface area contributed by atoms with E-state index in [1.54, 1.807) is 0 Å². The van der Waals surface area contributed by atoms with Crippen molar-refractivity contribution in [3.05, 3.63) is 62.9 Å². The second-order valence-corrected chi connectivity index (χ2v) is 4.67. The second kappa shape index (κ2) is 6.41. The largest absolute Gasteiger partial charge is 0.494 e. The molecule has 0 unspecified atom stereocenters. The standard InChI is InChI=1S/C14H12ClFN2O3/c1-21-14-7-11(18(19)20)3-5-13(14)17-8-9-6-10(15)2-4-12(9)16/h2-7,17H,8H2,1H3. The molecule has 2 rings (SSSR count). The molecule has 0 radical (unpaired) electrons. The Morgan fingerprint density at radius 1 is 1.33 bits per heavy atom. The number of hydrogen-bond acceptors (Lipinski definition) is 4.